The van der Waals surface area contributed by atoms with Gasteiger partial charge in [-0.1, -0.05) is 37.0 Å². The zero-order chi connectivity index (χ0) is 15.4. The number of hydrogen-bond donors (Lipinski definition) is 1. The van der Waals surface area contributed by atoms with Crippen molar-refractivity contribution in [3.05, 3.63) is 33.8 Å². The van der Waals surface area contributed by atoms with Gasteiger partial charge in [-0.3, -0.25) is 9.59 Å². The lowest BCUT2D eigenvalue weighted by Crippen LogP contribution is -2.49. The number of halogens is 2. The third-order valence-corrected chi connectivity index (χ3v) is 3.38. The van der Waals surface area contributed by atoms with Gasteiger partial charge in [0.1, 0.15) is 6.04 Å². The van der Waals surface area contributed by atoms with Crippen LogP contribution in [0.15, 0.2) is 18.2 Å². The second-order valence-electron chi connectivity index (χ2n) is 5.05. The zero-order valence-electron chi connectivity index (χ0n) is 11.9. The lowest BCUT2D eigenvalue weighted by Gasteiger charge is -2.24. The Morgan fingerprint density at radius 3 is 2.25 bits per heavy atom. The summed E-state index contributed by atoms with van der Waals surface area (Å²) >= 11 is 11.8. The Morgan fingerprint density at radius 1 is 1.20 bits per heavy atom. The Morgan fingerprint density at radius 2 is 1.80 bits per heavy atom. The molecule has 0 radical (unpaired) electrons. The molecule has 0 saturated carbocycles. The molecule has 6 heteroatoms. The molecule has 0 spiro atoms. The van der Waals surface area contributed by atoms with Gasteiger partial charge >= 0.3 is 0 Å². The Labute approximate surface area is 129 Å². The summed E-state index contributed by atoms with van der Waals surface area (Å²) in [5.74, 6) is -0.570. The molecule has 20 heavy (non-hydrogen) atoms. The van der Waals surface area contributed by atoms with E-state index in [2.05, 4.69) is 5.32 Å². The predicted octanol–water partition coefficient (Wildman–Crippen LogP) is 2.84. The van der Waals surface area contributed by atoms with E-state index in [1.165, 1.54) is 17.0 Å². The van der Waals surface area contributed by atoms with Crippen LogP contribution in [-0.2, 0) is 4.79 Å². The molecule has 110 valence electrons. The molecule has 1 aromatic rings. The number of benzene rings is 1. The van der Waals surface area contributed by atoms with Gasteiger partial charge in [0.25, 0.3) is 5.91 Å². The summed E-state index contributed by atoms with van der Waals surface area (Å²) in [4.78, 5) is 25.7. The predicted molar refractivity (Wildman–Crippen MR) is 81.2 cm³/mol. The molecule has 0 aliphatic rings. The van der Waals surface area contributed by atoms with Crippen molar-refractivity contribution in [2.45, 2.75) is 19.9 Å². The van der Waals surface area contributed by atoms with Crippen molar-refractivity contribution in [3.8, 4) is 0 Å². The summed E-state index contributed by atoms with van der Waals surface area (Å²) < 4.78 is 0. The number of carbonyl (C=O) groups is 2. The molecule has 0 saturated heterocycles. The topological polar surface area (TPSA) is 49.4 Å². The van der Waals surface area contributed by atoms with Crippen LogP contribution < -0.4 is 5.32 Å². The summed E-state index contributed by atoms with van der Waals surface area (Å²) in [6, 6.07) is 4.03. The molecule has 0 aliphatic heterocycles. The summed E-state index contributed by atoms with van der Waals surface area (Å²) in [5.41, 5.74) is 0.299. The second kappa shape index (κ2) is 6.95. The van der Waals surface area contributed by atoms with Crippen molar-refractivity contribution >= 4 is 35.0 Å². The van der Waals surface area contributed by atoms with Crippen molar-refractivity contribution in [3.63, 3.8) is 0 Å². The van der Waals surface area contributed by atoms with Gasteiger partial charge in [0.2, 0.25) is 5.91 Å². The van der Waals surface area contributed by atoms with Crippen molar-refractivity contribution in [1.29, 1.82) is 0 Å². The summed E-state index contributed by atoms with van der Waals surface area (Å²) in [6.45, 7) is 3.74. The van der Waals surface area contributed by atoms with Crippen LogP contribution in [0.4, 0.5) is 0 Å². The number of nitrogens with zero attached hydrogens (tertiary/aromatic N) is 1. The third-order valence-electron chi connectivity index (χ3n) is 2.84. The Bertz CT molecular complexity index is 516. The van der Waals surface area contributed by atoms with Crippen LogP contribution in [0.2, 0.25) is 10.0 Å². The van der Waals surface area contributed by atoms with E-state index in [0.29, 0.717) is 10.6 Å². The van der Waals surface area contributed by atoms with Gasteiger partial charge in [-0.15, -0.1) is 0 Å². The van der Waals surface area contributed by atoms with Gasteiger partial charge in [0.05, 0.1) is 10.6 Å². The minimum atomic E-state index is -0.593. The van der Waals surface area contributed by atoms with Crippen LogP contribution in [0.1, 0.15) is 24.2 Å². The van der Waals surface area contributed by atoms with Crippen molar-refractivity contribution in [1.82, 2.24) is 10.2 Å². The number of amides is 2. The standard InChI is InChI=1S/C14H18Cl2N2O2/c1-8(2)12(14(20)18(3)4)17-13(19)10-6-5-9(15)7-11(10)16/h5-8,12H,1-4H3,(H,17,19). The van der Waals surface area contributed by atoms with E-state index in [1.54, 1.807) is 20.2 Å². The molecule has 0 aliphatic carbocycles. The van der Waals surface area contributed by atoms with Gasteiger partial charge in [-0.05, 0) is 24.1 Å². The fraction of sp³-hybridized carbons (Fsp3) is 0.429. The van der Waals surface area contributed by atoms with Crippen LogP contribution in [0, 0.1) is 5.92 Å². The van der Waals surface area contributed by atoms with E-state index in [-0.39, 0.29) is 22.8 Å². The van der Waals surface area contributed by atoms with E-state index in [1.807, 2.05) is 13.8 Å². The van der Waals surface area contributed by atoms with Crippen molar-refractivity contribution in [2.75, 3.05) is 14.1 Å². The highest BCUT2D eigenvalue weighted by molar-refractivity contribution is 6.36. The fourth-order valence-electron chi connectivity index (χ4n) is 1.68. The maximum absolute atomic E-state index is 12.2. The average Bonchev–Trinajstić information content (AvgIpc) is 2.34. The normalized spacial score (nSPS) is 12.2. The number of likely N-dealkylation sites (N-methyl/N-ethyl adjacent to an activating group) is 1. The minimum absolute atomic E-state index is 0.0278. The highest BCUT2D eigenvalue weighted by Gasteiger charge is 2.26. The van der Waals surface area contributed by atoms with E-state index in [4.69, 9.17) is 23.2 Å². The van der Waals surface area contributed by atoms with Gasteiger partial charge in [-0.25, -0.2) is 0 Å². The lowest BCUT2D eigenvalue weighted by molar-refractivity contribution is -0.131. The molecule has 0 aromatic heterocycles. The van der Waals surface area contributed by atoms with Crippen LogP contribution in [0.5, 0.6) is 0 Å². The smallest absolute Gasteiger partial charge is 0.253 e. The highest BCUT2D eigenvalue weighted by Crippen LogP contribution is 2.21. The zero-order valence-corrected chi connectivity index (χ0v) is 13.4. The van der Waals surface area contributed by atoms with Gasteiger partial charge in [0.15, 0.2) is 0 Å². The number of hydrogen-bond acceptors (Lipinski definition) is 2. The molecular formula is C14H18Cl2N2O2. The highest BCUT2D eigenvalue weighted by atomic mass is 35.5. The first-order valence-electron chi connectivity index (χ1n) is 6.21. The van der Waals surface area contributed by atoms with Crippen LogP contribution in [-0.4, -0.2) is 36.9 Å². The molecular weight excluding hydrogens is 299 g/mol. The van der Waals surface area contributed by atoms with E-state index >= 15 is 0 Å². The van der Waals surface area contributed by atoms with Crippen LogP contribution in [0.25, 0.3) is 0 Å². The molecule has 1 aromatic carbocycles. The fourth-order valence-corrected chi connectivity index (χ4v) is 2.18. The van der Waals surface area contributed by atoms with Crippen molar-refractivity contribution in [2.24, 2.45) is 5.92 Å². The van der Waals surface area contributed by atoms with Crippen LogP contribution in [0.3, 0.4) is 0 Å². The molecule has 1 atom stereocenters. The largest absolute Gasteiger partial charge is 0.347 e. The first-order valence-corrected chi connectivity index (χ1v) is 6.96. The second-order valence-corrected chi connectivity index (χ2v) is 5.90. The summed E-state index contributed by atoms with van der Waals surface area (Å²) in [7, 11) is 3.30. The third kappa shape index (κ3) is 4.12. The quantitative estimate of drug-likeness (QED) is 0.928. The first kappa shape index (κ1) is 16.8. The van der Waals surface area contributed by atoms with Gasteiger partial charge in [-0.2, -0.15) is 0 Å². The molecule has 0 bridgehead atoms. The number of nitrogens with one attached hydrogen (secondary N) is 1. The van der Waals surface area contributed by atoms with Crippen molar-refractivity contribution < 1.29 is 9.59 Å². The molecule has 4 nitrogen and oxygen atoms in total. The van der Waals surface area contributed by atoms with E-state index in [0.717, 1.165) is 0 Å². The number of carbonyl (C=O) groups excluding carboxylic acids is 2. The molecule has 1 rings (SSSR count). The average molecular weight is 317 g/mol. The lowest BCUT2D eigenvalue weighted by atomic mass is 10.0. The maximum Gasteiger partial charge on any atom is 0.253 e. The first-order chi connectivity index (χ1) is 9.23. The molecule has 1 N–H and O–H groups in total. The molecule has 1 unspecified atom stereocenters. The summed E-state index contributed by atoms with van der Waals surface area (Å²) in [6.07, 6.45) is 0. The van der Waals surface area contributed by atoms with Gasteiger partial charge in [0, 0.05) is 19.1 Å². The van der Waals surface area contributed by atoms with Crippen LogP contribution >= 0.6 is 23.2 Å². The Balaban J connectivity index is 2.94. The Hall–Kier alpha value is -1.26. The molecule has 2 amide bonds. The van der Waals surface area contributed by atoms with Gasteiger partial charge < -0.3 is 10.2 Å². The van der Waals surface area contributed by atoms with E-state index in [9.17, 15) is 9.59 Å². The minimum Gasteiger partial charge on any atom is -0.347 e. The van der Waals surface area contributed by atoms with E-state index < -0.39 is 6.04 Å². The monoisotopic (exact) mass is 316 g/mol. The maximum atomic E-state index is 12.2. The molecule has 0 fully saturated rings. The molecule has 0 heterocycles. The number of rotatable bonds is 4. The SMILES string of the molecule is CC(C)C(NC(=O)c1ccc(Cl)cc1Cl)C(=O)N(C)C. The Kier molecular flexibility index (Phi) is 5.84. The summed E-state index contributed by atoms with van der Waals surface area (Å²) in [5, 5.41) is 3.43.